The summed E-state index contributed by atoms with van der Waals surface area (Å²) in [7, 11) is 0. The quantitative estimate of drug-likeness (QED) is 0.800. The summed E-state index contributed by atoms with van der Waals surface area (Å²) in [6.07, 6.45) is 0. The van der Waals surface area contributed by atoms with E-state index in [1.807, 2.05) is 42.6 Å². The summed E-state index contributed by atoms with van der Waals surface area (Å²) in [5.74, 6) is -0.154. The third kappa shape index (κ3) is 2.61. The molecule has 2 aromatic heterocycles. The molecule has 0 bridgehead atoms. The van der Waals surface area contributed by atoms with Crippen molar-refractivity contribution in [3.8, 4) is 11.3 Å². The van der Waals surface area contributed by atoms with Crippen molar-refractivity contribution in [3.63, 3.8) is 0 Å². The molecule has 0 spiro atoms. The number of benzene rings is 1. The molecule has 6 heteroatoms. The van der Waals surface area contributed by atoms with Crippen molar-refractivity contribution in [1.82, 2.24) is 9.97 Å². The molecule has 4 nitrogen and oxygen atoms in total. The number of hydrogen-bond donors (Lipinski definition) is 1. The summed E-state index contributed by atoms with van der Waals surface area (Å²) >= 11 is 2.75. The van der Waals surface area contributed by atoms with E-state index in [1.54, 1.807) is 5.51 Å². The first-order chi connectivity index (χ1) is 9.74. The van der Waals surface area contributed by atoms with Gasteiger partial charge in [0.15, 0.2) is 5.13 Å². The van der Waals surface area contributed by atoms with Gasteiger partial charge in [-0.1, -0.05) is 30.3 Å². The van der Waals surface area contributed by atoms with Gasteiger partial charge in [0.1, 0.15) is 4.88 Å². The molecule has 0 saturated heterocycles. The van der Waals surface area contributed by atoms with E-state index in [4.69, 9.17) is 0 Å². The molecule has 0 aliphatic carbocycles. The molecule has 2 heterocycles. The Hall–Kier alpha value is -2.05. The minimum Gasteiger partial charge on any atom is -0.297 e. The van der Waals surface area contributed by atoms with Gasteiger partial charge in [0.25, 0.3) is 5.91 Å². The lowest BCUT2D eigenvalue weighted by Gasteiger charge is -1.99. The molecule has 0 saturated carbocycles. The second-order valence-corrected chi connectivity index (χ2v) is 5.84. The summed E-state index contributed by atoms with van der Waals surface area (Å²) in [4.78, 5) is 21.2. The third-order valence-electron chi connectivity index (χ3n) is 2.75. The van der Waals surface area contributed by atoms with Crippen LogP contribution < -0.4 is 5.32 Å². The van der Waals surface area contributed by atoms with Crippen LogP contribution in [0.5, 0.6) is 0 Å². The normalized spacial score (nSPS) is 10.4. The maximum absolute atomic E-state index is 12.1. The number of carbonyl (C=O) groups excluding carboxylic acids is 1. The van der Waals surface area contributed by atoms with Crippen LogP contribution in [0, 0.1) is 6.92 Å². The van der Waals surface area contributed by atoms with Gasteiger partial charge in [-0.25, -0.2) is 9.97 Å². The zero-order valence-corrected chi connectivity index (χ0v) is 12.3. The van der Waals surface area contributed by atoms with Gasteiger partial charge >= 0.3 is 0 Å². The Morgan fingerprint density at radius 3 is 2.70 bits per heavy atom. The lowest BCUT2D eigenvalue weighted by molar-refractivity contribution is 0.103. The third-order valence-corrected chi connectivity index (χ3v) is 4.43. The number of carbonyl (C=O) groups is 1. The topological polar surface area (TPSA) is 54.9 Å². The number of anilines is 1. The second-order valence-electron chi connectivity index (χ2n) is 4.12. The largest absolute Gasteiger partial charge is 0.297 e. The molecular formula is C14H11N3OS2. The van der Waals surface area contributed by atoms with Crippen molar-refractivity contribution in [3.05, 3.63) is 51.8 Å². The lowest BCUT2D eigenvalue weighted by atomic mass is 10.2. The highest BCUT2D eigenvalue weighted by Gasteiger charge is 2.13. The fourth-order valence-electron chi connectivity index (χ4n) is 1.75. The first kappa shape index (κ1) is 13.0. The Bertz CT molecular complexity index is 734. The number of amides is 1. The van der Waals surface area contributed by atoms with Gasteiger partial charge in [-0.3, -0.25) is 10.1 Å². The van der Waals surface area contributed by atoms with Crippen LogP contribution in [0.3, 0.4) is 0 Å². The molecule has 1 aromatic carbocycles. The first-order valence-electron chi connectivity index (χ1n) is 5.96. The number of aromatic nitrogens is 2. The molecule has 3 rings (SSSR count). The zero-order chi connectivity index (χ0) is 13.9. The summed E-state index contributed by atoms with van der Waals surface area (Å²) in [5.41, 5.74) is 4.32. The Morgan fingerprint density at radius 2 is 2.00 bits per heavy atom. The van der Waals surface area contributed by atoms with Gasteiger partial charge in [0.2, 0.25) is 0 Å². The summed E-state index contributed by atoms with van der Waals surface area (Å²) in [6.45, 7) is 1.82. The van der Waals surface area contributed by atoms with Crippen LogP contribution in [0.1, 0.15) is 15.4 Å². The highest BCUT2D eigenvalue weighted by Crippen LogP contribution is 2.25. The van der Waals surface area contributed by atoms with Crippen molar-refractivity contribution in [2.45, 2.75) is 6.92 Å². The number of thiazole rings is 2. The van der Waals surface area contributed by atoms with Gasteiger partial charge in [0, 0.05) is 10.9 Å². The van der Waals surface area contributed by atoms with Crippen LogP contribution in [0.4, 0.5) is 5.13 Å². The Kier molecular flexibility index (Phi) is 3.58. The number of nitrogens with zero attached hydrogens (tertiary/aromatic N) is 2. The van der Waals surface area contributed by atoms with Gasteiger partial charge in [-0.2, -0.15) is 0 Å². The van der Waals surface area contributed by atoms with E-state index in [2.05, 4.69) is 15.3 Å². The van der Waals surface area contributed by atoms with Crippen LogP contribution in [-0.4, -0.2) is 15.9 Å². The Morgan fingerprint density at radius 1 is 1.20 bits per heavy atom. The molecule has 0 atom stereocenters. The van der Waals surface area contributed by atoms with E-state index >= 15 is 0 Å². The van der Waals surface area contributed by atoms with Crippen LogP contribution >= 0.6 is 22.7 Å². The minimum absolute atomic E-state index is 0.154. The SMILES string of the molecule is Cc1ncsc1C(=O)Nc1nc(-c2ccccc2)cs1. The van der Waals surface area contributed by atoms with Gasteiger partial charge < -0.3 is 0 Å². The summed E-state index contributed by atoms with van der Waals surface area (Å²) in [6, 6.07) is 9.88. The van der Waals surface area contributed by atoms with Crippen molar-refractivity contribution >= 4 is 33.7 Å². The van der Waals surface area contributed by atoms with E-state index in [-0.39, 0.29) is 5.91 Å². The molecule has 0 fully saturated rings. The highest BCUT2D eigenvalue weighted by atomic mass is 32.1. The van der Waals surface area contributed by atoms with Gasteiger partial charge in [-0.05, 0) is 6.92 Å². The average molecular weight is 301 g/mol. The molecule has 0 radical (unpaired) electrons. The van der Waals surface area contributed by atoms with Crippen molar-refractivity contribution in [2.24, 2.45) is 0 Å². The molecule has 0 aliphatic heterocycles. The van der Waals surface area contributed by atoms with Crippen molar-refractivity contribution < 1.29 is 4.79 Å². The number of nitrogens with one attached hydrogen (secondary N) is 1. The average Bonchev–Trinajstić information content (AvgIpc) is 3.09. The number of hydrogen-bond acceptors (Lipinski definition) is 5. The molecule has 20 heavy (non-hydrogen) atoms. The number of rotatable bonds is 3. The van der Waals surface area contributed by atoms with E-state index in [9.17, 15) is 4.79 Å². The van der Waals surface area contributed by atoms with E-state index < -0.39 is 0 Å². The fraction of sp³-hybridized carbons (Fsp3) is 0.0714. The predicted molar refractivity (Wildman–Crippen MR) is 82.4 cm³/mol. The standard InChI is InChI=1S/C14H11N3OS2/c1-9-12(20-8-15-9)13(18)17-14-16-11(7-19-14)10-5-3-2-4-6-10/h2-8H,1H3,(H,16,17,18). The van der Waals surface area contributed by atoms with Crippen molar-refractivity contribution in [2.75, 3.05) is 5.32 Å². The van der Waals surface area contributed by atoms with E-state index in [0.29, 0.717) is 10.0 Å². The molecule has 1 amide bonds. The first-order valence-corrected chi connectivity index (χ1v) is 7.72. The summed E-state index contributed by atoms with van der Waals surface area (Å²) < 4.78 is 0. The Balaban J connectivity index is 1.78. The zero-order valence-electron chi connectivity index (χ0n) is 10.7. The maximum atomic E-state index is 12.1. The highest BCUT2D eigenvalue weighted by molar-refractivity contribution is 7.14. The smallest absolute Gasteiger partial charge is 0.269 e. The van der Waals surface area contributed by atoms with Crippen LogP contribution in [0.25, 0.3) is 11.3 Å². The van der Waals surface area contributed by atoms with Crippen LogP contribution in [0.2, 0.25) is 0 Å². The number of aryl methyl sites for hydroxylation is 1. The van der Waals surface area contributed by atoms with Crippen LogP contribution in [-0.2, 0) is 0 Å². The molecular weight excluding hydrogens is 290 g/mol. The maximum Gasteiger partial charge on any atom is 0.269 e. The van der Waals surface area contributed by atoms with Crippen molar-refractivity contribution in [1.29, 1.82) is 0 Å². The molecule has 1 N–H and O–H groups in total. The van der Waals surface area contributed by atoms with Gasteiger partial charge in [0.05, 0.1) is 16.9 Å². The fourth-order valence-corrected chi connectivity index (χ4v) is 3.16. The van der Waals surface area contributed by atoms with E-state index in [0.717, 1.165) is 17.0 Å². The molecule has 100 valence electrons. The Labute approximate surface area is 124 Å². The predicted octanol–water partition coefficient (Wildman–Crippen LogP) is 3.83. The van der Waals surface area contributed by atoms with Gasteiger partial charge in [-0.15, -0.1) is 22.7 Å². The van der Waals surface area contributed by atoms with E-state index in [1.165, 1.54) is 22.7 Å². The lowest BCUT2D eigenvalue weighted by Crippen LogP contribution is -2.11. The molecule has 3 aromatic rings. The molecule has 0 unspecified atom stereocenters. The van der Waals surface area contributed by atoms with Crippen LogP contribution in [0.15, 0.2) is 41.2 Å². The molecule has 0 aliphatic rings. The summed E-state index contributed by atoms with van der Waals surface area (Å²) in [5, 5.41) is 5.35. The second kappa shape index (κ2) is 5.52. The minimum atomic E-state index is -0.154. The monoisotopic (exact) mass is 301 g/mol.